The van der Waals surface area contributed by atoms with Crippen LogP contribution in [0.1, 0.15) is 47.8 Å². The monoisotopic (exact) mass is 704 g/mol. The first-order valence-corrected chi connectivity index (χ1v) is 11.1. The Balaban J connectivity index is 0.00000484. The van der Waals surface area contributed by atoms with Crippen molar-refractivity contribution < 1.29 is 73.1 Å². The second kappa shape index (κ2) is 10.7. The van der Waals surface area contributed by atoms with Gasteiger partial charge in [0.25, 0.3) is 0 Å². The molecule has 0 aliphatic heterocycles. The van der Waals surface area contributed by atoms with E-state index in [1.807, 2.05) is 0 Å². The third-order valence-electron chi connectivity index (χ3n) is 5.91. The molecular weight excluding hydrogens is 691 g/mol. The van der Waals surface area contributed by atoms with Gasteiger partial charge in [-0.05, 0) is 37.1 Å². The number of hydrogen-bond acceptors (Lipinski definition) is 2. The van der Waals surface area contributed by atoms with Crippen molar-refractivity contribution in [2.24, 2.45) is 0 Å². The van der Waals surface area contributed by atoms with Crippen LogP contribution in [0.5, 0.6) is 0 Å². The second-order valence-corrected chi connectivity index (χ2v) is 9.16. The summed E-state index contributed by atoms with van der Waals surface area (Å²) in [5.41, 5.74) is -8.41. The molecule has 0 N–H and O–H groups in total. The van der Waals surface area contributed by atoms with Crippen LogP contribution < -0.4 is 0 Å². The predicted molar refractivity (Wildman–Crippen MR) is 117 cm³/mol. The minimum Gasteiger partial charge on any atom is -0.425 e. The Labute approximate surface area is 242 Å². The molecule has 0 amide bonds. The largest absolute Gasteiger partial charge is 2.00 e. The molecule has 4 aromatic heterocycles. The van der Waals surface area contributed by atoms with Crippen LogP contribution in [0.15, 0.2) is 48.5 Å². The van der Waals surface area contributed by atoms with E-state index in [-0.39, 0.29) is 53.1 Å². The Morgan fingerprint density at radius 2 is 0.881 bits per heavy atom. The molecule has 0 fully saturated rings. The molecule has 0 atom stereocenters. The van der Waals surface area contributed by atoms with Gasteiger partial charge in [0.2, 0.25) is 0 Å². The Bertz CT molecular complexity index is 1460. The van der Waals surface area contributed by atoms with E-state index in [9.17, 15) is 52.7 Å². The van der Waals surface area contributed by atoms with Gasteiger partial charge in [-0.25, -0.2) is 0 Å². The van der Waals surface area contributed by atoms with E-state index >= 15 is 0 Å². The maximum atomic E-state index is 13.5. The molecule has 0 aliphatic rings. The molecule has 0 radical (unpaired) electrons. The Hall–Kier alpha value is -3.32. The molecule has 0 bridgehead atoms. The SMILES string of the molecule is CC(C)(c1cccc(-n2[c-]c(C(F)(F)F)cc2C(F)(F)F)n1)c1cccc(-n2[c-]c(C(F)(F)F)cc2C(F)(F)F)n1.[Pd+2]. The number of pyridine rings is 2. The van der Waals surface area contributed by atoms with E-state index in [0.29, 0.717) is 0 Å². The fourth-order valence-corrected chi connectivity index (χ4v) is 3.82. The summed E-state index contributed by atoms with van der Waals surface area (Å²) in [5.74, 6) is -1.22. The normalized spacial score (nSPS) is 13.3. The number of nitrogens with zero attached hydrogens (tertiary/aromatic N) is 4. The molecule has 0 aliphatic carbocycles. The van der Waals surface area contributed by atoms with Crippen molar-refractivity contribution in [3.63, 3.8) is 0 Å². The summed E-state index contributed by atoms with van der Waals surface area (Å²) < 4.78 is 160. The van der Waals surface area contributed by atoms with Gasteiger partial charge in [-0.3, -0.25) is 9.97 Å². The van der Waals surface area contributed by atoms with Crippen molar-refractivity contribution in [1.29, 1.82) is 0 Å². The van der Waals surface area contributed by atoms with Crippen molar-refractivity contribution in [1.82, 2.24) is 19.1 Å². The van der Waals surface area contributed by atoms with E-state index in [4.69, 9.17) is 0 Å². The average molecular weight is 705 g/mol. The molecular formula is C25H14F12N4Pd. The average Bonchev–Trinajstić information content (AvgIpc) is 3.50. The third-order valence-corrected chi connectivity index (χ3v) is 5.91. The Morgan fingerprint density at radius 1 is 0.548 bits per heavy atom. The fraction of sp³-hybridized carbons (Fsp3) is 0.280. The van der Waals surface area contributed by atoms with Crippen molar-refractivity contribution in [2.45, 2.75) is 44.0 Å². The Kier molecular flexibility index (Phi) is 8.49. The molecule has 17 heteroatoms. The standard InChI is InChI=1S/C25H14F12N4.Pd/c1-21(2,15-5-3-7-19(38-15)40-11-13(22(26,27)28)9-17(40)24(32,33)34)16-6-4-8-20(39-16)41-12-14(23(29,30)31)10-18(41)25(35,36)37;/h3-10H,1-2H3;/q-2;+2. The van der Waals surface area contributed by atoms with Gasteiger partial charge in [0.05, 0.1) is 11.6 Å². The topological polar surface area (TPSA) is 35.6 Å². The minimum absolute atomic E-state index is 0. The summed E-state index contributed by atoms with van der Waals surface area (Å²) in [4.78, 5) is 8.07. The summed E-state index contributed by atoms with van der Waals surface area (Å²) >= 11 is 0. The summed E-state index contributed by atoms with van der Waals surface area (Å²) in [6.45, 7) is 2.81. The maximum absolute atomic E-state index is 13.5. The van der Waals surface area contributed by atoms with Crippen LogP contribution in [0.25, 0.3) is 11.6 Å². The second-order valence-electron chi connectivity index (χ2n) is 9.16. The molecule has 42 heavy (non-hydrogen) atoms. The van der Waals surface area contributed by atoms with Gasteiger partial charge in [0.1, 0.15) is 0 Å². The Morgan fingerprint density at radius 3 is 1.17 bits per heavy atom. The van der Waals surface area contributed by atoms with Crippen molar-refractivity contribution in [3.8, 4) is 11.6 Å². The van der Waals surface area contributed by atoms with Crippen molar-refractivity contribution in [3.05, 3.63) is 94.8 Å². The molecule has 4 aromatic rings. The molecule has 4 rings (SSSR count). The molecule has 0 saturated heterocycles. The zero-order chi connectivity index (χ0) is 30.8. The molecule has 228 valence electrons. The van der Waals surface area contributed by atoms with Crippen LogP contribution >= 0.6 is 0 Å². The van der Waals surface area contributed by atoms with E-state index in [1.54, 1.807) is 12.4 Å². The van der Waals surface area contributed by atoms with Crippen LogP contribution in [0.2, 0.25) is 0 Å². The smallest absolute Gasteiger partial charge is 0.425 e. The predicted octanol–water partition coefficient (Wildman–Crippen LogP) is 8.06. The van der Waals surface area contributed by atoms with Crippen molar-refractivity contribution in [2.75, 3.05) is 0 Å². The summed E-state index contributed by atoms with van der Waals surface area (Å²) in [5, 5.41) is 0. The van der Waals surface area contributed by atoms with Gasteiger partial charge in [0.15, 0.2) is 0 Å². The number of aromatic nitrogens is 4. The van der Waals surface area contributed by atoms with Gasteiger partial charge in [-0.1, -0.05) is 36.7 Å². The fourth-order valence-electron chi connectivity index (χ4n) is 3.82. The van der Waals surface area contributed by atoms with Gasteiger partial charge in [-0.2, -0.15) is 52.7 Å². The number of hydrogen-bond donors (Lipinski definition) is 0. The van der Waals surface area contributed by atoms with Gasteiger partial charge in [0, 0.05) is 28.2 Å². The molecule has 4 heterocycles. The first-order valence-electron chi connectivity index (χ1n) is 11.1. The van der Waals surface area contributed by atoms with Crippen LogP contribution in [0, 0.1) is 12.4 Å². The van der Waals surface area contributed by atoms with Gasteiger partial charge in [-0.15, -0.1) is 12.1 Å². The maximum Gasteiger partial charge on any atom is 2.00 e. The van der Waals surface area contributed by atoms with Gasteiger partial charge < -0.3 is 9.13 Å². The zero-order valence-electron chi connectivity index (χ0n) is 20.8. The van der Waals surface area contributed by atoms with E-state index in [0.717, 1.165) is 12.1 Å². The number of alkyl halides is 12. The molecule has 0 unspecified atom stereocenters. The first-order chi connectivity index (χ1) is 18.6. The molecule has 0 saturated carbocycles. The van der Waals surface area contributed by atoms with E-state index in [1.165, 1.54) is 38.1 Å². The van der Waals surface area contributed by atoms with E-state index < -0.39 is 64.3 Å². The molecule has 0 spiro atoms. The van der Waals surface area contributed by atoms with E-state index in [2.05, 4.69) is 9.97 Å². The van der Waals surface area contributed by atoms with Crippen molar-refractivity contribution >= 4 is 0 Å². The summed E-state index contributed by atoms with van der Waals surface area (Å²) in [6.07, 6.45) is -17.5. The number of rotatable bonds is 4. The van der Waals surface area contributed by atoms with Gasteiger partial charge >= 0.3 is 45.1 Å². The van der Waals surface area contributed by atoms with Crippen LogP contribution in [0.4, 0.5) is 52.7 Å². The summed E-state index contributed by atoms with van der Waals surface area (Å²) in [7, 11) is 0. The molecule has 4 nitrogen and oxygen atoms in total. The minimum atomic E-state index is -5.22. The quantitative estimate of drug-likeness (QED) is 0.123. The summed E-state index contributed by atoms with van der Waals surface area (Å²) in [6, 6.07) is 6.63. The van der Waals surface area contributed by atoms with Crippen LogP contribution in [-0.2, 0) is 50.5 Å². The number of halogens is 12. The van der Waals surface area contributed by atoms with Crippen LogP contribution in [0.3, 0.4) is 0 Å². The molecule has 0 aromatic carbocycles. The first kappa shape index (κ1) is 33.2. The zero-order valence-corrected chi connectivity index (χ0v) is 22.3. The third kappa shape index (κ3) is 6.51. The van der Waals surface area contributed by atoms with Crippen LogP contribution in [-0.4, -0.2) is 19.1 Å².